The molecule has 0 atom stereocenters. The van der Waals surface area contributed by atoms with Gasteiger partial charge >= 0.3 is 0 Å². The molecule has 3 heterocycles. The predicted octanol–water partition coefficient (Wildman–Crippen LogP) is 1.97. The minimum Gasteiger partial charge on any atom is -0.497 e. The zero-order valence-corrected chi connectivity index (χ0v) is 19.3. The summed E-state index contributed by atoms with van der Waals surface area (Å²) < 4.78 is 17.7. The zero-order chi connectivity index (χ0) is 23.4. The summed E-state index contributed by atoms with van der Waals surface area (Å²) in [6.45, 7) is 5.06. The second kappa shape index (κ2) is 9.86. The molecule has 4 rings (SSSR count). The van der Waals surface area contributed by atoms with Crippen LogP contribution in [0, 0.1) is 6.92 Å². The van der Waals surface area contributed by atoms with Crippen LogP contribution >= 0.6 is 0 Å². The lowest BCUT2D eigenvalue weighted by Crippen LogP contribution is -2.37. The number of methoxy groups -OCH3 is 2. The molecule has 0 aliphatic carbocycles. The van der Waals surface area contributed by atoms with Gasteiger partial charge < -0.3 is 24.4 Å². The first kappa shape index (κ1) is 22.5. The van der Waals surface area contributed by atoms with Crippen LogP contribution in [0.4, 0.5) is 5.82 Å². The van der Waals surface area contributed by atoms with Crippen molar-refractivity contribution in [3.8, 4) is 22.8 Å². The molecular formula is C23H28N6O4. The van der Waals surface area contributed by atoms with E-state index in [-0.39, 0.29) is 12.5 Å². The Kier molecular flexibility index (Phi) is 6.74. The molecule has 10 heteroatoms. The van der Waals surface area contributed by atoms with Crippen LogP contribution in [0.2, 0.25) is 0 Å². The molecule has 1 aromatic carbocycles. The Morgan fingerprint density at radius 1 is 1.12 bits per heavy atom. The average molecular weight is 453 g/mol. The van der Waals surface area contributed by atoms with Crippen molar-refractivity contribution in [3.63, 3.8) is 0 Å². The van der Waals surface area contributed by atoms with Crippen LogP contribution in [0.3, 0.4) is 0 Å². The lowest BCUT2D eigenvalue weighted by molar-refractivity contribution is 0.0940. The van der Waals surface area contributed by atoms with E-state index < -0.39 is 0 Å². The largest absolute Gasteiger partial charge is 0.497 e. The van der Waals surface area contributed by atoms with Gasteiger partial charge in [-0.2, -0.15) is 5.10 Å². The van der Waals surface area contributed by atoms with Crippen LogP contribution in [0.15, 0.2) is 30.3 Å². The molecule has 1 aliphatic heterocycles. The van der Waals surface area contributed by atoms with Crippen LogP contribution < -0.4 is 19.7 Å². The number of aryl methyl sites for hydroxylation is 2. The molecule has 1 aliphatic rings. The highest BCUT2D eigenvalue weighted by Gasteiger charge is 2.19. The normalized spacial score (nSPS) is 13.6. The summed E-state index contributed by atoms with van der Waals surface area (Å²) in [4.78, 5) is 24.2. The Morgan fingerprint density at radius 3 is 2.64 bits per heavy atom. The van der Waals surface area contributed by atoms with E-state index in [2.05, 4.69) is 25.3 Å². The van der Waals surface area contributed by atoms with E-state index >= 15 is 0 Å². The van der Waals surface area contributed by atoms with Crippen molar-refractivity contribution in [3.05, 3.63) is 47.5 Å². The number of anilines is 1. The van der Waals surface area contributed by atoms with Crippen molar-refractivity contribution in [2.45, 2.75) is 13.5 Å². The SMILES string of the molecule is COc1ccc(OC)c(-c2cc(C(=O)NCc3nc(C)cc(N4CCOCC4)n3)n(C)n2)c1. The van der Waals surface area contributed by atoms with E-state index in [1.807, 2.05) is 31.2 Å². The summed E-state index contributed by atoms with van der Waals surface area (Å²) in [6, 6.07) is 9.13. The number of hydrogen-bond donors (Lipinski definition) is 1. The maximum Gasteiger partial charge on any atom is 0.269 e. The monoisotopic (exact) mass is 452 g/mol. The van der Waals surface area contributed by atoms with Gasteiger partial charge in [0.15, 0.2) is 0 Å². The molecule has 2 aromatic heterocycles. The Morgan fingerprint density at radius 2 is 1.91 bits per heavy atom. The lowest BCUT2D eigenvalue weighted by Gasteiger charge is -2.28. The van der Waals surface area contributed by atoms with Crippen LogP contribution in [0.25, 0.3) is 11.3 Å². The Hall–Kier alpha value is -3.66. The third-order valence-electron chi connectivity index (χ3n) is 5.42. The lowest BCUT2D eigenvalue weighted by atomic mass is 10.1. The molecule has 0 radical (unpaired) electrons. The Balaban J connectivity index is 1.50. The number of morpholine rings is 1. The number of nitrogens with zero attached hydrogens (tertiary/aromatic N) is 5. The van der Waals surface area contributed by atoms with E-state index in [0.29, 0.717) is 41.9 Å². The van der Waals surface area contributed by atoms with Gasteiger partial charge in [-0.25, -0.2) is 9.97 Å². The van der Waals surface area contributed by atoms with Gasteiger partial charge in [0.2, 0.25) is 0 Å². The van der Waals surface area contributed by atoms with Crippen molar-refractivity contribution in [1.29, 1.82) is 0 Å². The minimum atomic E-state index is -0.267. The third kappa shape index (κ3) is 5.06. The predicted molar refractivity (Wildman–Crippen MR) is 123 cm³/mol. The van der Waals surface area contributed by atoms with E-state index in [0.717, 1.165) is 30.2 Å². The van der Waals surface area contributed by atoms with Gasteiger partial charge in [0, 0.05) is 37.5 Å². The maximum atomic E-state index is 12.9. The van der Waals surface area contributed by atoms with Gasteiger partial charge in [-0.1, -0.05) is 0 Å². The van der Waals surface area contributed by atoms with E-state index in [1.54, 1.807) is 32.0 Å². The molecule has 0 bridgehead atoms. The number of carbonyl (C=O) groups excluding carboxylic acids is 1. The molecule has 1 fully saturated rings. The van der Waals surface area contributed by atoms with Gasteiger partial charge in [-0.15, -0.1) is 0 Å². The van der Waals surface area contributed by atoms with E-state index in [4.69, 9.17) is 14.2 Å². The number of carbonyl (C=O) groups is 1. The summed E-state index contributed by atoms with van der Waals surface area (Å²) in [5.74, 6) is 2.46. The summed E-state index contributed by atoms with van der Waals surface area (Å²) in [5.41, 5.74) is 2.61. The number of rotatable bonds is 7. The van der Waals surface area contributed by atoms with Gasteiger partial charge in [0.1, 0.15) is 28.8 Å². The molecule has 10 nitrogen and oxygen atoms in total. The van der Waals surface area contributed by atoms with Crippen LogP contribution in [0.5, 0.6) is 11.5 Å². The number of amides is 1. The zero-order valence-electron chi connectivity index (χ0n) is 19.3. The van der Waals surface area contributed by atoms with Crippen molar-refractivity contribution in [1.82, 2.24) is 25.1 Å². The van der Waals surface area contributed by atoms with E-state index in [9.17, 15) is 4.79 Å². The Bertz CT molecular complexity index is 1140. The highest BCUT2D eigenvalue weighted by Crippen LogP contribution is 2.32. The van der Waals surface area contributed by atoms with Gasteiger partial charge in [0.05, 0.1) is 39.7 Å². The van der Waals surface area contributed by atoms with Crippen LogP contribution in [-0.2, 0) is 18.3 Å². The molecule has 0 saturated carbocycles. The van der Waals surface area contributed by atoms with Gasteiger partial charge in [0.25, 0.3) is 5.91 Å². The van der Waals surface area contributed by atoms with Gasteiger partial charge in [-0.3, -0.25) is 9.48 Å². The summed E-state index contributed by atoms with van der Waals surface area (Å²) >= 11 is 0. The van der Waals surface area contributed by atoms with Gasteiger partial charge in [-0.05, 0) is 31.2 Å². The molecule has 0 spiro atoms. The second-order valence-corrected chi connectivity index (χ2v) is 7.67. The average Bonchev–Trinajstić information content (AvgIpc) is 3.23. The third-order valence-corrected chi connectivity index (χ3v) is 5.42. The first-order valence-electron chi connectivity index (χ1n) is 10.7. The second-order valence-electron chi connectivity index (χ2n) is 7.67. The Labute approximate surface area is 192 Å². The topological polar surface area (TPSA) is 104 Å². The molecule has 33 heavy (non-hydrogen) atoms. The fraction of sp³-hybridized carbons (Fsp3) is 0.391. The van der Waals surface area contributed by atoms with Crippen molar-refractivity contribution in [2.24, 2.45) is 7.05 Å². The maximum absolute atomic E-state index is 12.9. The minimum absolute atomic E-state index is 0.209. The number of nitrogens with one attached hydrogen (secondary N) is 1. The molecule has 3 aromatic rings. The first-order valence-corrected chi connectivity index (χ1v) is 10.7. The van der Waals surface area contributed by atoms with E-state index in [1.165, 1.54) is 0 Å². The molecule has 0 unspecified atom stereocenters. The first-order chi connectivity index (χ1) is 16.0. The standard InChI is InChI=1S/C23H28N6O4/c1-15-11-22(29-7-9-33-10-8-29)26-21(25-15)14-24-23(30)19-13-18(27-28(19)2)17-12-16(31-3)5-6-20(17)32-4/h5-6,11-13H,7-10,14H2,1-4H3,(H,24,30). The highest BCUT2D eigenvalue weighted by atomic mass is 16.5. The number of benzene rings is 1. The molecule has 174 valence electrons. The van der Waals surface area contributed by atoms with Crippen molar-refractivity contribution >= 4 is 11.7 Å². The number of aromatic nitrogens is 4. The number of ether oxygens (including phenoxy) is 3. The fourth-order valence-corrected chi connectivity index (χ4v) is 3.72. The van der Waals surface area contributed by atoms with Crippen LogP contribution in [-0.4, -0.2) is 66.2 Å². The summed E-state index contributed by atoms with van der Waals surface area (Å²) in [7, 11) is 4.92. The van der Waals surface area contributed by atoms with Crippen molar-refractivity contribution < 1.29 is 19.0 Å². The molecular weight excluding hydrogens is 424 g/mol. The quantitative estimate of drug-likeness (QED) is 0.580. The number of hydrogen-bond acceptors (Lipinski definition) is 8. The fourth-order valence-electron chi connectivity index (χ4n) is 3.72. The van der Waals surface area contributed by atoms with Crippen LogP contribution in [0.1, 0.15) is 22.0 Å². The molecule has 1 amide bonds. The molecule has 1 saturated heterocycles. The highest BCUT2D eigenvalue weighted by molar-refractivity contribution is 5.93. The summed E-state index contributed by atoms with van der Waals surface area (Å²) in [5, 5.41) is 7.41. The molecule has 1 N–H and O–H groups in total. The smallest absolute Gasteiger partial charge is 0.269 e. The van der Waals surface area contributed by atoms with Crippen molar-refractivity contribution in [2.75, 3.05) is 45.4 Å². The summed E-state index contributed by atoms with van der Waals surface area (Å²) in [6.07, 6.45) is 0.